The Morgan fingerprint density at radius 2 is 2.07 bits per heavy atom. The van der Waals surface area contributed by atoms with E-state index in [0.717, 1.165) is 0 Å². The third-order valence-electron chi connectivity index (χ3n) is 3.99. The number of anilines is 2. The normalized spacial score (nSPS) is 15.8. The molecule has 146 valence electrons. The quantitative estimate of drug-likeness (QED) is 0.642. The molecule has 1 aliphatic heterocycles. The van der Waals surface area contributed by atoms with Gasteiger partial charge in [0.1, 0.15) is 5.75 Å². The number of hydrogen-bond acceptors (Lipinski definition) is 5. The van der Waals surface area contributed by atoms with Gasteiger partial charge < -0.3 is 15.4 Å². The van der Waals surface area contributed by atoms with Crippen molar-refractivity contribution in [3.8, 4) is 5.75 Å². The molecule has 1 atom stereocenters. The Morgan fingerprint density at radius 1 is 1.29 bits per heavy atom. The minimum absolute atomic E-state index is 0.0258. The maximum Gasteiger partial charge on any atom is 0.265 e. The van der Waals surface area contributed by atoms with Gasteiger partial charge in [-0.25, -0.2) is 13.1 Å². The van der Waals surface area contributed by atoms with Gasteiger partial charge in [-0.1, -0.05) is 12.1 Å². The number of benzene rings is 2. The van der Waals surface area contributed by atoms with Crippen molar-refractivity contribution in [3.05, 3.63) is 60.7 Å². The summed E-state index contributed by atoms with van der Waals surface area (Å²) in [5, 5.41) is 5.38. The molecule has 0 bridgehead atoms. The molecule has 0 saturated carbocycles. The van der Waals surface area contributed by atoms with Crippen LogP contribution in [0.25, 0.3) is 0 Å². The van der Waals surface area contributed by atoms with Gasteiger partial charge in [0.25, 0.3) is 11.8 Å². The smallest absolute Gasteiger partial charge is 0.265 e. The number of carbonyl (C=O) groups excluding carboxylic acids is 2. The van der Waals surface area contributed by atoms with Crippen molar-refractivity contribution >= 4 is 33.2 Å². The number of nitrogens with one attached hydrogen (secondary N) is 3. The molecule has 9 heteroatoms. The van der Waals surface area contributed by atoms with Crippen LogP contribution in [0.1, 0.15) is 17.3 Å². The lowest BCUT2D eigenvalue weighted by Gasteiger charge is -2.23. The molecule has 28 heavy (non-hydrogen) atoms. The van der Waals surface area contributed by atoms with E-state index < -0.39 is 22.0 Å². The Labute approximate surface area is 162 Å². The van der Waals surface area contributed by atoms with Crippen LogP contribution < -0.4 is 20.1 Å². The fraction of sp³-hybridized carbons (Fsp3) is 0.158. The van der Waals surface area contributed by atoms with Crippen LogP contribution in [-0.2, 0) is 14.8 Å². The number of rotatable bonds is 6. The van der Waals surface area contributed by atoms with E-state index in [2.05, 4.69) is 21.9 Å². The molecule has 0 spiro atoms. The third-order valence-corrected chi connectivity index (χ3v) is 5.41. The number of ether oxygens (including phenoxy) is 1. The lowest BCUT2D eigenvalue weighted by atomic mass is 10.2. The van der Waals surface area contributed by atoms with Crippen LogP contribution in [0.4, 0.5) is 11.4 Å². The lowest BCUT2D eigenvalue weighted by molar-refractivity contribution is -0.122. The molecule has 2 aromatic carbocycles. The fourth-order valence-corrected chi connectivity index (χ4v) is 3.59. The van der Waals surface area contributed by atoms with E-state index in [0.29, 0.717) is 17.1 Å². The molecule has 8 nitrogen and oxygen atoms in total. The van der Waals surface area contributed by atoms with Gasteiger partial charge in [-0.15, -0.1) is 6.58 Å². The van der Waals surface area contributed by atoms with Crippen molar-refractivity contribution in [2.75, 3.05) is 17.2 Å². The molecular weight excluding hydrogens is 382 g/mol. The molecule has 2 aromatic rings. The molecule has 3 N–H and O–H groups in total. The molecule has 0 unspecified atom stereocenters. The summed E-state index contributed by atoms with van der Waals surface area (Å²) in [6.45, 7) is 5.18. The van der Waals surface area contributed by atoms with E-state index in [1.165, 1.54) is 30.3 Å². The number of hydrogen-bond donors (Lipinski definition) is 3. The van der Waals surface area contributed by atoms with Gasteiger partial charge >= 0.3 is 0 Å². The fourth-order valence-electron chi connectivity index (χ4n) is 2.55. The van der Waals surface area contributed by atoms with Crippen molar-refractivity contribution in [3.63, 3.8) is 0 Å². The Hall–Kier alpha value is -3.17. The highest BCUT2D eigenvalue weighted by molar-refractivity contribution is 7.89. The number of fused-ring (bicyclic) bond motifs is 1. The van der Waals surface area contributed by atoms with Crippen molar-refractivity contribution in [1.29, 1.82) is 0 Å². The molecule has 0 saturated heterocycles. The Morgan fingerprint density at radius 3 is 2.82 bits per heavy atom. The summed E-state index contributed by atoms with van der Waals surface area (Å²) in [5.74, 6) is -0.260. The summed E-state index contributed by atoms with van der Waals surface area (Å²) in [5.41, 5.74) is 1.05. The Kier molecular flexibility index (Phi) is 5.48. The molecule has 0 aromatic heterocycles. The van der Waals surface area contributed by atoms with Crippen LogP contribution in [0.3, 0.4) is 0 Å². The van der Waals surface area contributed by atoms with E-state index in [1.807, 2.05) is 0 Å². The maximum atomic E-state index is 12.5. The monoisotopic (exact) mass is 401 g/mol. The maximum absolute atomic E-state index is 12.5. The molecule has 1 aliphatic rings. The van der Waals surface area contributed by atoms with Crippen LogP contribution in [0, 0.1) is 0 Å². The molecule has 2 amide bonds. The van der Waals surface area contributed by atoms with Gasteiger partial charge in [0.15, 0.2) is 6.10 Å². The standard InChI is InChI=1S/C19H19N3O5S/c1-3-9-20-28(25,26)15-6-4-5-13(10-15)19(24)21-14-7-8-17-16(11-14)22-18(23)12(2)27-17/h3-8,10-12,20H,1,9H2,2H3,(H,21,24)(H,22,23)/t12-/m0/s1. The zero-order valence-electron chi connectivity index (χ0n) is 15.1. The lowest BCUT2D eigenvalue weighted by Crippen LogP contribution is -2.34. The predicted octanol–water partition coefficient (Wildman–Crippen LogP) is 2.12. The Balaban J connectivity index is 1.79. The van der Waals surface area contributed by atoms with E-state index in [4.69, 9.17) is 4.74 Å². The van der Waals surface area contributed by atoms with E-state index in [-0.39, 0.29) is 22.9 Å². The molecule has 0 fully saturated rings. The average Bonchev–Trinajstić information content (AvgIpc) is 2.67. The average molecular weight is 401 g/mol. The van der Waals surface area contributed by atoms with E-state index in [1.54, 1.807) is 25.1 Å². The second-order valence-electron chi connectivity index (χ2n) is 6.08. The van der Waals surface area contributed by atoms with Crippen LogP contribution in [-0.4, -0.2) is 32.9 Å². The highest BCUT2D eigenvalue weighted by Gasteiger charge is 2.24. The van der Waals surface area contributed by atoms with Crippen LogP contribution in [0.2, 0.25) is 0 Å². The third kappa shape index (κ3) is 4.21. The van der Waals surface area contributed by atoms with Crippen molar-refractivity contribution < 1.29 is 22.7 Å². The topological polar surface area (TPSA) is 114 Å². The summed E-state index contributed by atoms with van der Waals surface area (Å²) < 4.78 is 32.2. The summed E-state index contributed by atoms with van der Waals surface area (Å²) >= 11 is 0. The molecular formula is C19H19N3O5S. The van der Waals surface area contributed by atoms with Crippen LogP contribution in [0.15, 0.2) is 60.0 Å². The number of carbonyl (C=O) groups is 2. The van der Waals surface area contributed by atoms with E-state index in [9.17, 15) is 18.0 Å². The highest BCUT2D eigenvalue weighted by atomic mass is 32.2. The first-order valence-electron chi connectivity index (χ1n) is 8.44. The molecule has 3 rings (SSSR count). The summed E-state index contributed by atoms with van der Waals surface area (Å²) in [7, 11) is -3.74. The first-order chi connectivity index (χ1) is 13.3. The van der Waals surface area contributed by atoms with Gasteiger partial charge in [0, 0.05) is 17.8 Å². The minimum atomic E-state index is -3.74. The van der Waals surface area contributed by atoms with Crippen molar-refractivity contribution in [2.24, 2.45) is 0 Å². The highest BCUT2D eigenvalue weighted by Crippen LogP contribution is 2.32. The number of amides is 2. The van der Waals surface area contributed by atoms with Gasteiger partial charge in [0.2, 0.25) is 10.0 Å². The number of sulfonamides is 1. The first kappa shape index (κ1) is 19.6. The summed E-state index contributed by atoms with van der Waals surface area (Å²) in [6.07, 6.45) is 0.834. The van der Waals surface area contributed by atoms with Gasteiger partial charge in [0.05, 0.1) is 10.6 Å². The van der Waals surface area contributed by atoms with Crippen molar-refractivity contribution in [1.82, 2.24) is 4.72 Å². The SMILES string of the molecule is C=CCNS(=O)(=O)c1cccc(C(=O)Nc2ccc3c(c2)NC(=O)[C@H](C)O3)c1. The molecule has 0 radical (unpaired) electrons. The second kappa shape index (κ2) is 7.83. The molecule has 0 aliphatic carbocycles. The summed E-state index contributed by atoms with van der Waals surface area (Å²) in [4.78, 5) is 24.2. The summed E-state index contributed by atoms with van der Waals surface area (Å²) in [6, 6.07) is 10.5. The van der Waals surface area contributed by atoms with Crippen LogP contribution >= 0.6 is 0 Å². The zero-order valence-corrected chi connectivity index (χ0v) is 15.9. The zero-order chi connectivity index (χ0) is 20.3. The first-order valence-corrected chi connectivity index (χ1v) is 9.92. The minimum Gasteiger partial charge on any atom is -0.479 e. The largest absolute Gasteiger partial charge is 0.479 e. The van der Waals surface area contributed by atoms with Crippen LogP contribution in [0.5, 0.6) is 5.75 Å². The predicted molar refractivity (Wildman–Crippen MR) is 105 cm³/mol. The van der Waals surface area contributed by atoms with Gasteiger partial charge in [-0.05, 0) is 43.3 Å². The van der Waals surface area contributed by atoms with Crippen molar-refractivity contribution in [2.45, 2.75) is 17.9 Å². The van der Waals surface area contributed by atoms with Gasteiger partial charge in [-0.3, -0.25) is 9.59 Å². The molecule has 1 heterocycles. The van der Waals surface area contributed by atoms with E-state index >= 15 is 0 Å². The second-order valence-corrected chi connectivity index (χ2v) is 7.85. The Bertz CT molecular complexity index is 1050. The van der Waals surface area contributed by atoms with Gasteiger partial charge in [-0.2, -0.15) is 0 Å².